The van der Waals surface area contributed by atoms with Crippen molar-refractivity contribution in [2.24, 2.45) is 0 Å². The fraction of sp³-hybridized carbons (Fsp3) is 0.312. The molecular formula is C16H18BrN3O4. The molecule has 0 aliphatic carbocycles. The molecule has 7 nitrogen and oxygen atoms in total. The van der Waals surface area contributed by atoms with Gasteiger partial charge in [0.25, 0.3) is 5.91 Å². The minimum atomic E-state index is -1.02. The molecule has 0 radical (unpaired) electrons. The number of halogens is 1. The number of rotatable bonds is 7. The van der Waals surface area contributed by atoms with Crippen LogP contribution >= 0.6 is 15.9 Å². The largest absolute Gasteiger partial charge is 0.481 e. The van der Waals surface area contributed by atoms with Crippen LogP contribution in [-0.2, 0) is 9.53 Å². The first-order valence-corrected chi connectivity index (χ1v) is 7.97. The third-order valence-electron chi connectivity index (χ3n) is 3.31. The molecule has 0 bridgehead atoms. The first kappa shape index (κ1) is 18.2. The molecule has 0 saturated carbocycles. The highest BCUT2D eigenvalue weighted by Gasteiger charge is 2.30. The van der Waals surface area contributed by atoms with Gasteiger partial charge in [-0.25, -0.2) is 4.68 Å². The normalized spacial score (nSPS) is 13.3. The van der Waals surface area contributed by atoms with E-state index in [2.05, 4.69) is 26.3 Å². The summed E-state index contributed by atoms with van der Waals surface area (Å²) in [6.45, 7) is 1.70. The summed E-state index contributed by atoms with van der Waals surface area (Å²) in [5.74, 6) is -1.47. The Kier molecular flexibility index (Phi) is 5.74. The Bertz CT molecular complexity index is 746. The van der Waals surface area contributed by atoms with Crippen molar-refractivity contribution in [3.05, 3.63) is 46.7 Å². The lowest BCUT2D eigenvalue weighted by molar-refractivity contribution is -0.139. The van der Waals surface area contributed by atoms with E-state index >= 15 is 0 Å². The van der Waals surface area contributed by atoms with Gasteiger partial charge in [-0.15, -0.1) is 0 Å². The zero-order valence-corrected chi connectivity index (χ0v) is 14.9. The van der Waals surface area contributed by atoms with E-state index in [4.69, 9.17) is 9.84 Å². The molecule has 2 aromatic rings. The van der Waals surface area contributed by atoms with Gasteiger partial charge in [-0.2, -0.15) is 5.10 Å². The highest BCUT2D eigenvalue weighted by atomic mass is 79.9. The van der Waals surface area contributed by atoms with Crippen molar-refractivity contribution >= 4 is 27.8 Å². The van der Waals surface area contributed by atoms with Crippen molar-refractivity contribution in [2.45, 2.75) is 18.9 Å². The summed E-state index contributed by atoms with van der Waals surface area (Å²) in [5.41, 5.74) is -0.0201. The van der Waals surface area contributed by atoms with E-state index in [0.29, 0.717) is 0 Å². The summed E-state index contributed by atoms with van der Waals surface area (Å²) >= 11 is 3.39. The molecule has 0 aliphatic heterocycles. The van der Waals surface area contributed by atoms with E-state index in [0.717, 1.165) is 10.2 Å². The number of carboxylic acids is 1. The van der Waals surface area contributed by atoms with Crippen molar-refractivity contribution in [3.63, 3.8) is 0 Å². The maximum Gasteiger partial charge on any atom is 0.305 e. The van der Waals surface area contributed by atoms with Crippen molar-refractivity contribution < 1.29 is 19.4 Å². The second kappa shape index (κ2) is 7.59. The summed E-state index contributed by atoms with van der Waals surface area (Å²) in [7, 11) is 1.45. The molecule has 1 atom stereocenters. The predicted molar refractivity (Wildman–Crippen MR) is 91.3 cm³/mol. The number of hydrogen-bond donors (Lipinski definition) is 2. The third-order valence-corrected chi connectivity index (χ3v) is 3.81. The van der Waals surface area contributed by atoms with E-state index in [1.54, 1.807) is 23.9 Å². The van der Waals surface area contributed by atoms with Crippen LogP contribution in [0.2, 0.25) is 0 Å². The molecule has 1 amide bonds. The van der Waals surface area contributed by atoms with E-state index in [-0.39, 0.29) is 18.7 Å². The minimum absolute atomic E-state index is 0.0807. The number of benzene rings is 1. The lowest BCUT2D eigenvalue weighted by Gasteiger charge is -2.28. The standard InChI is InChI=1S/C16H18BrN3O4/c1-16(10-24-2,9-14(21)22)18-15(23)13-6-7-20(19-13)12-5-3-4-11(17)8-12/h3-8H,9-10H2,1-2H3,(H,18,23)(H,21,22). The summed E-state index contributed by atoms with van der Waals surface area (Å²) < 4.78 is 7.50. The van der Waals surface area contributed by atoms with Crippen LogP contribution in [0.5, 0.6) is 0 Å². The first-order chi connectivity index (χ1) is 11.3. The maximum atomic E-state index is 12.4. The molecule has 128 valence electrons. The van der Waals surface area contributed by atoms with Gasteiger partial charge in [-0.1, -0.05) is 22.0 Å². The summed E-state index contributed by atoms with van der Waals surface area (Å²) in [4.78, 5) is 23.4. The topological polar surface area (TPSA) is 93.5 Å². The molecule has 1 unspecified atom stereocenters. The van der Waals surface area contributed by atoms with Gasteiger partial charge in [-0.3, -0.25) is 9.59 Å². The van der Waals surface area contributed by atoms with Gasteiger partial charge in [0.05, 0.1) is 24.3 Å². The van der Waals surface area contributed by atoms with E-state index in [1.165, 1.54) is 7.11 Å². The first-order valence-electron chi connectivity index (χ1n) is 7.18. The number of carboxylic acid groups (broad SMARTS) is 1. The highest BCUT2D eigenvalue weighted by Crippen LogP contribution is 2.16. The summed E-state index contributed by atoms with van der Waals surface area (Å²) in [6.07, 6.45) is 1.42. The molecule has 1 aromatic carbocycles. The van der Waals surface area contributed by atoms with Crippen LogP contribution in [0.4, 0.5) is 0 Å². The smallest absolute Gasteiger partial charge is 0.305 e. The molecule has 1 aromatic heterocycles. The van der Waals surface area contributed by atoms with E-state index < -0.39 is 17.4 Å². The zero-order valence-electron chi connectivity index (χ0n) is 13.3. The summed E-state index contributed by atoms with van der Waals surface area (Å²) in [5, 5.41) is 15.9. The molecule has 0 fully saturated rings. The van der Waals surface area contributed by atoms with Gasteiger partial charge in [0.1, 0.15) is 0 Å². The average molecular weight is 396 g/mol. The quantitative estimate of drug-likeness (QED) is 0.749. The number of methoxy groups -OCH3 is 1. The van der Waals surface area contributed by atoms with Crippen LogP contribution in [0.1, 0.15) is 23.8 Å². The molecule has 0 spiro atoms. The maximum absolute atomic E-state index is 12.4. The Hall–Kier alpha value is -2.19. The second-order valence-electron chi connectivity index (χ2n) is 5.64. The van der Waals surface area contributed by atoms with Crippen molar-refractivity contribution in [2.75, 3.05) is 13.7 Å². The number of hydrogen-bond acceptors (Lipinski definition) is 4. The zero-order chi connectivity index (χ0) is 17.7. The lowest BCUT2D eigenvalue weighted by atomic mass is 9.99. The minimum Gasteiger partial charge on any atom is -0.481 e. The molecule has 2 rings (SSSR count). The number of carbonyl (C=O) groups excluding carboxylic acids is 1. The number of nitrogens with one attached hydrogen (secondary N) is 1. The molecular weight excluding hydrogens is 378 g/mol. The van der Waals surface area contributed by atoms with Gasteiger partial charge in [0, 0.05) is 17.8 Å². The number of amides is 1. The number of ether oxygens (including phenoxy) is 1. The van der Waals surface area contributed by atoms with E-state index in [9.17, 15) is 9.59 Å². The van der Waals surface area contributed by atoms with Gasteiger partial charge >= 0.3 is 5.97 Å². The van der Waals surface area contributed by atoms with Crippen molar-refractivity contribution in [1.29, 1.82) is 0 Å². The van der Waals surface area contributed by atoms with Gasteiger partial charge < -0.3 is 15.2 Å². The van der Waals surface area contributed by atoms with Crippen LogP contribution in [0, 0.1) is 0 Å². The Balaban J connectivity index is 2.16. The molecule has 1 heterocycles. The van der Waals surface area contributed by atoms with Gasteiger partial charge in [0.2, 0.25) is 0 Å². The Morgan fingerprint density at radius 3 is 2.79 bits per heavy atom. The Morgan fingerprint density at radius 1 is 1.42 bits per heavy atom. The van der Waals surface area contributed by atoms with Crippen LogP contribution in [0.15, 0.2) is 41.0 Å². The molecule has 0 aliphatic rings. The predicted octanol–water partition coefficient (Wildman–Crippen LogP) is 2.24. The third kappa shape index (κ3) is 4.65. The van der Waals surface area contributed by atoms with Gasteiger partial charge in [0.15, 0.2) is 5.69 Å². The average Bonchev–Trinajstić information content (AvgIpc) is 2.96. The number of aliphatic carboxylic acids is 1. The van der Waals surface area contributed by atoms with Crippen LogP contribution in [0.3, 0.4) is 0 Å². The number of nitrogens with zero attached hydrogens (tertiary/aromatic N) is 2. The van der Waals surface area contributed by atoms with E-state index in [1.807, 2.05) is 24.3 Å². The molecule has 2 N–H and O–H groups in total. The number of carbonyl (C=O) groups is 2. The Morgan fingerprint density at radius 2 is 2.17 bits per heavy atom. The van der Waals surface area contributed by atoms with Gasteiger partial charge in [-0.05, 0) is 31.2 Å². The molecule has 0 saturated heterocycles. The molecule has 8 heteroatoms. The monoisotopic (exact) mass is 395 g/mol. The fourth-order valence-electron chi connectivity index (χ4n) is 2.33. The highest BCUT2D eigenvalue weighted by molar-refractivity contribution is 9.10. The second-order valence-corrected chi connectivity index (χ2v) is 6.56. The summed E-state index contributed by atoms with van der Waals surface area (Å²) in [6, 6.07) is 9.06. The SMILES string of the molecule is COCC(C)(CC(=O)O)NC(=O)c1ccn(-c2cccc(Br)c2)n1. The van der Waals surface area contributed by atoms with Crippen LogP contribution in [0.25, 0.3) is 5.69 Å². The molecule has 24 heavy (non-hydrogen) atoms. The van der Waals surface area contributed by atoms with Crippen LogP contribution in [-0.4, -0.2) is 46.0 Å². The Labute approximate surface area is 147 Å². The number of aromatic nitrogens is 2. The van der Waals surface area contributed by atoms with Crippen LogP contribution < -0.4 is 5.32 Å². The fourth-order valence-corrected chi connectivity index (χ4v) is 2.72. The van der Waals surface area contributed by atoms with Crippen molar-refractivity contribution in [3.8, 4) is 5.69 Å². The van der Waals surface area contributed by atoms with Crippen molar-refractivity contribution in [1.82, 2.24) is 15.1 Å². The lowest BCUT2D eigenvalue weighted by Crippen LogP contribution is -2.50.